The summed E-state index contributed by atoms with van der Waals surface area (Å²) < 4.78 is 7.14. The number of amides is 2. The molecule has 0 spiro atoms. The van der Waals surface area contributed by atoms with E-state index in [0.717, 1.165) is 22.7 Å². The average Bonchev–Trinajstić information content (AvgIpc) is 3.53. The Kier molecular flexibility index (Phi) is 5.74. The van der Waals surface area contributed by atoms with Crippen molar-refractivity contribution in [2.45, 2.75) is 31.8 Å². The number of urea groups is 1. The van der Waals surface area contributed by atoms with Crippen LogP contribution in [0.5, 0.6) is 5.75 Å². The molecule has 1 aromatic carbocycles. The highest BCUT2D eigenvalue weighted by molar-refractivity contribution is 5.73. The monoisotopic (exact) mass is 391 g/mol. The van der Waals surface area contributed by atoms with Crippen molar-refractivity contribution < 1.29 is 9.53 Å². The van der Waals surface area contributed by atoms with Gasteiger partial charge in [0.25, 0.3) is 0 Å². The van der Waals surface area contributed by atoms with Crippen molar-refractivity contribution in [3.05, 3.63) is 66.0 Å². The summed E-state index contributed by atoms with van der Waals surface area (Å²) in [4.78, 5) is 16.5. The van der Waals surface area contributed by atoms with Crippen LogP contribution in [-0.4, -0.2) is 34.5 Å². The summed E-state index contributed by atoms with van der Waals surface area (Å²) in [6, 6.07) is 15.4. The quantitative estimate of drug-likeness (QED) is 0.617. The number of aromatic nitrogens is 3. The van der Waals surface area contributed by atoms with Crippen molar-refractivity contribution in [3.8, 4) is 17.1 Å². The minimum atomic E-state index is -0.189. The molecule has 150 valence electrons. The highest BCUT2D eigenvalue weighted by Crippen LogP contribution is 2.41. The van der Waals surface area contributed by atoms with Crippen LogP contribution in [0.4, 0.5) is 4.79 Å². The number of hydrogen-bond donors (Lipinski definition) is 2. The number of carbonyl (C=O) groups is 1. The summed E-state index contributed by atoms with van der Waals surface area (Å²) in [5, 5.41) is 10.5. The van der Waals surface area contributed by atoms with E-state index >= 15 is 0 Å². The number of nitrogens with one attached hydrogen (secondary N) is 2. The Bertz CT molecular complexity index is 949. The van der Waals surface area contributed by atoms with Crippen LogP contribution in [0.3, 0.4) is 0 Å². The Balaban J connectivity index is 1.29. The lowest BCUT2D eigenvalue weighted by molar-refractivity contribution is 0.240. The molecule has 0 saturated heterocycles. The van der Waals surface area contributed by atoms with E-state index in [1.54, 1.807) is 13.3 Å². The minimum Gasteiger partial charge on any atom is -0.497 e. The van der Waals surface area contributed by atoms with Gasteiger partial charge in [0.1, 0.15) is 11.4 Å². The first-order valence-corrected chi connectivity index (χ1v) is 9.86. The summed E-state index contributed by atoms with van der Waals surface area (Å²) in [6.45, 7) is 1.61. The van der Waals surface area contributed by atoms with Crippen LogP contribution < -0.4 is 15.4 Å². The molecule has 1 saturated carbocycles. The van der Waals surface area contributed by atoms with Crippen LogP contribution in [-0.2, 0) is 13.1 Å². The zero-order chi connectivity index (χ0) is 20.1. The van der Waals surface area contributed by atoms with Gasteiger partial charge in [0.2, 0.25) is 0 Å². The fraction of sp³-hybridized carbons (Fsp3) is 0.318. The van der Waals surface area contributed by atoms with Crippen molar-refractivity contribution >= 4 is 6.03 Å². The Hall–Kier alpha value is -3.35. The number of rotatable bonds is 8. The van der Waals surface area contributed by atoms with Crippen LogP contribution in [0.1, 0.15) is 30.0 Å². The highest BCUT2D eigenvalue weighted by atomic mass is 16.5. The van der Waals surface area contributed by atoms with Crippen LogP contribution in [0.15, 0.2) is 54.7 Å². The highest BCUT2D eigenvalue weighted by Gasteiger charge is 2.28. The number of pyridine rings is 1. The van der Waals surface area contributed by atoms with Gasteiger partial charge in [0.05, 0.1) is 19.3 Å². The molecule has 7 nitrogen and oxygen atoms in total. The molecule has 0 unspecified atom stereocenters. The second-order valence-corrected chi connectivity index (χ2v) is 7.12. The van der Waals surface area contributed by atoms with E-state index in [2.05, 4.69) is 21.7 Å². The van der Waals surface area contributed by atoms with Gasteiger partial charge in [-0.2, -0.15) is 5.10 Å². The van der Waals surface area contributed by atoms with E-state index in [4.69, 9.17) is 9.84 Å². The zero-order valence-corrected chi connectivity index (χ0v) is 16.5. The third-order valence-corrected chi connectivity index (χ3v) is 4.96. The second kappa shape index (κ2) is 8.77. The SMILES string of the molecule is COc1ccc(CNC(=O)NCCn2nc(-c3ccccn3)cc2C2CC2)cc1. The second-order valence-electron chi connectivity index (χ2n) is 7.12. The van der Waals surface area contributed by atoms with E-state index in [9.17, 15) is 4.79 Å². The van der Waals surface area contributed by atoms with E-state index in [0.29, 0.717) is 25.6 Å². The lowest BCUT2D eigenvalue weighted by Gasteiger charge is -2.10. The molecule has 0 radical (unpaired) electrons. The van der Waals surface area contributed by atoms with Gasteiger partial charge in [-0.1, -0.05) is 18.2 Å². The van der Waals surface area contributed by atoms with Crippen molar-refractivity contribution in [3.63, 3.8) is 0 Å². The largest absolute Gasteiger partial charge is 0.497 e. The molecule has 7 heteroatoms. The van der Waals surface area contributed by atoms with Crippen LogP contribution in [0.25, 0.3) is 11.4 Å². The molecule has 2 aromatic heterocycles. The minimum absolute atomic E-state index is 0.189. The topological polar surface area (TPSA) is 81.1 Å². The maximum Gasteiger partial charge on any atom is 0.315 e. The van der Waals surface area contributed by atoms with Crippen LogP contribution >= 0.6 is 0 Å². The molecule has 29 heavy (non-hydrogen) atoms. The third-order valence-electron chi connectivity index (χ3n) is 4.96. The average molecular weight is 391 g/mol. The van der Waals surface area contributed by atoms with Gasteiger partial charge in [0.15, 0.2) is 0 Å². The number of ether oxygens (including phenoxy) is 1. The van der Waals surface area contributed by atoms with Gasteiger partial charge in [-0.05, 0) is 48.7 Å². The number of methoxy groups -OCH3 is 1. The molecule has 1 aliphatic rings. The van der Waals surface area contributed by atoms with Crippen molar-refractivity contribution in [2.75, 3.05) is 13.7 Å². The summed E-state index contributed by atoms with van der Waals surface area (Å²) in [7, 11) is 1.63. The Morgan fingerprint density at radius 1 is 1.14 bits per heavy atom. The predicted molar refractivity (Wildman–Crippen MR) is 111 cm³/mol. The molecular weight excluding hydrogens is 366 g/mol. The number of benzene rings is 1. The van der Waals surface area contributed by atoms with E-state index < -0.39 is 0 Å². The first-order chi connectivity index (χ1) is 14.2. The molecule has 2 heterocycles. The predicted octanol–water partition coefficient (Wildman–Crippen LogP) is 3.33. The molecule has 2 amide bonds. The summed E-state index contributed by atoms with van der Waals surface area (Å²) in [5.74, 6) is 1.37. The van der Waals surface area contributed by atoms with Crippen molar-refractivity contribution in [1.29, 1.82) is 0 Å². The molecule has 0 bridgehead atoms. The number of nitrogens with zero attached hydrogens (tertiary/aromatic N) is 3. The standard InChI is InChI=1S/C22H25N5O2/c1-29-18-9-5-16(6-10-18)15-25-22(28)24-12-13-27-21(17-7-8-17)14-20(26-27)19-4-2-3-11-23-19/h2-6,9-11,14,17H,7-8,12-13,15H2,1H3,(H2,24,25,28). The molecular formula is C22H25N5O2. The summed E-state index contributed by atoms with van der Waals surface area (Å²) in [5.41, 5.74) is 4.00. The van der Waals surface area contributed by atoms with Crippen LogP contribution in [0.2, 0.25) is 0 Å². The lowest BCUT2D eigenvalue weighted by atomic mass is 10.2. The fourth-order valence-corrected chi connectivity index (χ4v) is 3.22. The lowest BCUT2D eigenvalue weighted by Crippen LogP contribution is -2.37. The molecule has 3 aromatic rings. The zero-order valence-electron chi connectivity index (χ0n) is 16.5. The first-order valence-electron chi connectivity index (χ1n) is 9.86. The molecule has 2 N–H and O–H groups in total. The summed E-state index contributed by atoms with van der Waals surface area (Å²) in [6.07, 6.45) is 4.17. The Labute approximate surface area is 170 Å². The van der Waals surface area contributed by atoms with Crippen molar-refractivity contribution in [1.82, 2.24) is 25.4 Å². The Morgan fingerprint density at radius 3 is 2.66 bits per heavy atom. The van der Waals surface area contributed by atoms with Crippen LogP contribution in [0, 0.1) is 0 Å². The molecule has 0 aliphatic heterocycles. The Morgan fingerprint density at radius 2 is 1.97 bits per heavy atom. The van der Waals surface area contributed by atoms with Gasteiger partial charge >= 0.3 is 6.03 Å². The summed E-state index contributed by atoms with van der Waals surface area (Å²) >= 11 is 0. The maximum absolute atomic E-state index is 12.1. The number of hydrogen-bond acceptors (Lipinski definition) is 4. The maximum atomic E-state index is 12.1. The molecule has 1 fully saturated rings. The van der Waals surface area contributed by atoms with E-state index in [-0.39, 0.29) is 6.03 Å². The normalized spacial score (nSPS) is 13.1. The smallest absolute Gasteiger partial charge is 0.315 e. The van der Waals surface area contributed by atoms with E-state index in [1.807, 2.05) is 47.1 Å². The van der Waals surface area contributed by atoms with Gasteiger partial charge in [-0.25, -0.2) is 4.79 Å². The van der Waals surface area contributed by atoms with Gasteiger partial charge in [-0.3, -0.25) is 9.67 Å². The van der Waals surface area contributed by atoms with Gasteiger partial charge in [-0.15, -0.1) is 0 Å². The molecule has 0 atom stereocenters. The van der Waals surface area contributed by atoms with Gasteiger partial charge in [0, 0.05) is 30.9 Å². The first kappa shape index (κ1) is 19.0. The number of carbonyl (C=O) groups excluding carboxylic acids is 1. The third kappa shape index (κ3) is 4.93. The van der Waals surface area contributed by atoms with E-state index in [1.165, 1.54) is 18.5 Å². The van der Waals surface area contributed by atoms with Gasteiger partial charge < -0.3 is 15.4 Å². The molecule has 1 aliphatic carbocycles. The molecule has 4 rings (SSSR count). The van der Waals surface area contributed by atoms with Crippen molar-refractivity contribution in [2.24, 2.45) is 0 Å². The fourth-order valence-electron chi connectivity index (χ4n) is 3.22.